The lowest BCUT2D eigenvalue weighted by atomic mass is 9.98. The highest BCUT2D eigenvalue weighted by Gasteiger charge is 2.33. The van der Waals surface area contributed by atoms with Crippen LogP contribution in [-0.2, 0) is 0 Å². The van der Waals surface area contributed by atoms with E-state index in [4.69, 9.17) is 23.2 Å². The monoisotopic (exact) mass is 430 g/mol. The zero-order valence-corrected chi connectivity index (χ0v) is 15.7. The topological polar surface area (TPSA) is 15.3 Å². The van der Waals surface area contributed by atoms with E-state index in [0.717, 1.165) is 0 Å². The molecule has 1 aromatic carbocycles. The third-order valence-corrected chi connectivity index (χ3v) is 4.33. The van der Waals surface area contributed by atoms with Gasteiger partial charge in [0.05, 0.1) is 5.02 Å². The minimum absolute atomic E-state index is 0. The summed E-state index contributed by atoms with van der Waals surface area (Å²) in [4.78, 5) is 1.82. The SMILES string of the molecule is Cl.Cl.Fc1c(Cl)ccc(Cl)c1[C@H](CCC(F)(F)F)N1CCNCC1. The normalized spacial score (nSPS) is 16.9. The molecule has 0 aliphatic carbocycles. The number of halogens is 8. The van der Waals surface area contributed by atoms with Gasteiger partial charge >= 0.3 is 6.18 Å². The second-order valence-electron chi connectivity index (χ2n) is 5.21. The Morgan fingerprint density at radius 2 is 1.62 bits per heavy atom. The molecule has 1 heterocycles. The molecular formula is C14H18Cl4F4N2. The van der Waals surface area contributed by atoms with Gasteiger partial charge in [0.25, 0.3) is 0 Å². The van der Waals surface area contributed by atoms with Crippen molar-refractivity contribution in [2.45, 2.75) is 25.1 Å². The second kappa shape index (κ2) is 10.2. The molecule has 0 saturated carbocycles. The average molecular weight is 432 g/mol. The first kappa shape index (κ1) is 24.0. The summed E-state index contributed by atoms with van der Waals surface area (Å²) in [7, 11) is 0. The zero-order valence-electron chi connectivity index (χ0n) is 12.5. The van der Waals surface area contributed by atoms with Crippen LogP contribution in [0.15, 0.2) is 12.1 Å². The molecule has 1 aliphatic rings. The molecule has 0 radical (unpaired) electrons. The van der Waals surface area contributed by atoms with Crippen LogP contribution in [0.5, 0.6) is 0 Å². The Morgan fingerprint density at radius 1 is 1.08 bits per heavy atom. The summed E-state index contributed by atoms with van der Waals surface area (Å²) in [5.41, 5.74) is 0.0558. The van der Waals surface area contributed by atoms with Crippen molar-refractivity contribution in [2.75, 3.05) is 26.2 Å². The summed E-state index contributed by atoms with van der Waals surface area (Å²) in [6.45, 7) is 2.35. The van der Waals surface area contributed by atoms with E-state index in [1.807, 2.05) is 4.90 Å². The summed E-state index contributed by atoms with van der Waals surface area (Å²) in [6.07, 6.45) is -5.54. The maximum absolute atomic E-state index is 14.3. The first-order chi connectivity index (χ1) is 10.3. The van der Waals surface area contributed by atoms with Crippen LogP contribution in [0.3, 0.4) is 0 Å². The van der Waals surface area contributed by atoms with Crippen molar-refractivity contribution in [3.8, 4) is 0 Å². The molecule has 0 amide bonds. The van der Waals surface area contributed by atoms with E-state index < -0.39 is 24.5 Å². The molecule has 0 unspecified atom stereocenters. The van der Waals surface area contributed by atoms with E-state index in [-0.39, 0.29) is 46.8 Å². The van der Waals surface area contributed by atoms with Crippen molar-refractivity contribution in [1.29, 1.82) is 0 Å². The van der Waals surface area contributed by atoms with Gasteiger partial charge in [-0.15, -0.1) is 24.8 Å². The van der Waals surface area contributed by atoms with Crippen LogP contribution in [0.4, 0.5) is 17.6 Å². The van der Waals surface area contributed by atoms with Gasteiger partial charge in [-0.1, -0.05) is 23.2 Å². The Labute approximate surface area is 160 Å². The molecule has 1 aliphatic heterocycles. The van der Waals surface area contributed by atoms with Gasteiger partial charge in [0.1, 0.15) is 5.82 Å². The smallest absolute Gasteiger partial charge is 0.314 e. The lowest BCUT2D eigenvalue weighted by Gasteiger charge is -2.36. The average Bonchev–Trinajstić information content (AvgIpc) is 2.46. The van der Waals surface area contributed by atoms with E-state index >= 15 is 0 Å². The van der Waals surface area contributed by atoms with E-state index in [2.05, 4.69) is 5.32 Å². The maximum Gasteiger partial charge on any atom is 0.389 e. The fourth-order valence-corrected chi connectivity index (χ4v) is 3.09. The summed E-state index contributed by atoms with van der Waals surface area (Å²) in [5.74, 6) is -0.736. The Hall–Kier alpha value is 0.0200. The minimum Gasteiger partial charge on any atom is -0.314 e. The second-order valence-corrected chi connectivity index (χ2v) is 6.03. The Kier molecular flexibility index (Phi) is 10.2. The van der Waals surface area contributed by atoms with Crippen molar-refractivity contribution in [3.63, 3.8) is 0 Å². The van der Waals surface area contributed by atoms with Gasteiger partial charge in [-0.3, -0.25) is 4.90 Å². The summed E-state index contributed by atoms with van der Waals surface area (Å²) in [5, 5.41) is 3.09. The van der Waals surface area contributed by atoms with Gasteiger partial charge in [-0.2, -0.15) is 13.2 Å². The number of hydrogen-bond acceptors (Lipinski definition) is 2. The Morgan fingerprint density at radius 3 is 2.17 bits per heavy atom. The third-order valence-electron chi connectivity index (χ3n) is 3.71. The van der Waals surface area contributed by atoms with Gasteiger partial charge in [0.2, 0.25) is 0 Å². The van der Waals surface area contributed by atoms with Crippen LogP contribution < -0.4 is 5.32 Å². The predicted molar refractivity (Wildman–Crippen MR) is 93.4 cm³/mol. The minimum atomic E-state index is -4.30. The molecule has 2 nitrogen and oxygen atoms in total. The molecule has 24 heavy (non-hydrogen) atoms. The number of rotatable bonds is 4. The van der Waals surface area contributed by atoms with Crippen molar-refractivity contribution >= 4 is 48.0 Å². The molecule has 10 heteroatoms. The van der Waals surface area contributed by atoms with E-state index in [9.17, 15) is 17.6 Å². The first-order valence-electron chi connectivity index (χ1n) is 6.94. The molecule has 1 saturated heterocycles. The summed E-state index contributed by atoms with van der Waals surface area (Å²) in [6, 6.07) is 1.99. The highest BCUT2D eigenvalue weighted by molar-refractivity contribution is 6.33. The lowest BCUT2D eigenvalue weighted by molar-refractivity contribution is -0.138. The molecule has 2 rings (SSSR count). The maximum atomic E-state index is 14.3. The van der Waals surface area contributed by atoms with Gasteiger partial charge in [-0.05, 0) is 18.6 Å². The van der Waals surface area contributed by atoms with E-state index in [1.54, 1.807) is 0 Å². The predicted octanol–water partition coefficient (Wildman–Crippen LogP) is 5.26. The lowest BCUT2D eigenvalue weighted by Crippen LogP contribution is -2.45. The highest BCUT2D eigenvalue weighted by atomic mass is 35.5. The first-order valence-corrected chi connectivity index (χ1v) is 7.70. The van der Waals surface area contributed by atoms with Gasteiger partial charge in [0.15, 0.2) is 0 Å². The van der Waals surface area contributed by atoms with Crippen LogP contribution in [-0.4, -0.2) is 37.3 Å². The molecule has 1 aromatic rings. The fraction of sp³-hybridized carbons (Fsp3) is 0.571. The molecule has 1 fully saturated rings. The fourth-order valence-electron chi connectivity index (χ4n) is 2.65. The molecule has 1 atom stereocenters. The number of piperazine rings is 1. The standard InChI is InChI=1S/C14H16Cl2F4N2.2ClH/c15-9-1-2-10(16)13(17)12(9)11(3-4-14(18,19)20)22-7-5-21-6-8-22;;/h1-2,11,21H,3-8H2;2*1H/t11-;;/m0../s1. The molecule has 0 bridgehead atoms. The quantitative estimate of drug-likeness (QED) is 0.516. The number of nitrogens with one attached hydrogen (secondary N) is 1. The molecule has 140 valence electrons. The number of nitrogens with zero attached hydrogens (tertiary/aromatic N) is 1. The van der Waals surface area contributed by atoms with Crippen molar-refractivity contribution < 1.29 is 17.6 Å². The number of alkyl halides is 3. The molecular weight excluding hydrogens is 414 g/mol. The molecule has 1 N–H and O–H groups in total. The molecule has 0 aromatic heterocycles. The van der Waals surface area contributed by atoms with E-state index in [1.165, 1.54) is 12.1 Å². The zero-order chi connectivity index (χ0) is 16.3. The highest BCUT2D eigenvalue weighted by Crippen LogP contribution is 2.38. The van der Waals surface area contributed by atoms with Gasteiger partial charge in [-0.25, -0.2) is 4.39 Å². The van der Waals surface area contributed by atoms with Gasteiger partial charge in [0, 0.05) is 49.2 Å². The van der Waals surface area contributed by atoms with Crippen molar-refractivity contribution in [2.24, 2.45) is 0 Å². The Bertz CT molecular complexity index is 522. The van der Waals surface area contributed by atoms with Crippen LogP contribution >= 0.6 is 48.0 Å². The van der Waals surface area contributed by atoms with Crippen LogP contribution in [0.1, 0.15) is 24.4 Å². The largest absolute Gasteiger partial charge is 0.389 e. The summed E-state index contributed by atoms with van der Waals surface area (Å²) >= 11 is 11.8. The number of hydrogen-bond donors (Lipinski definition) is 1. The number of benzene rings is 1. The van der Waals surface area contributed by atoms with Gasteiger partial charge < -0.3 is 5.32 Å². The van der Waals surface area contributed by atoms with Crippen LogP contribution in [0.25, 0.3) is 0 Å². The van der Waals surface area contributed by atoms with E-state index in [0.29, 0.717) is 26.2 Å². The third kappa shape index (κ3) is 6.39. The summed E-state index contributed by atoms with van der Waals surface area (Å²) < 4.78 is 52.1. The molecule has 0 spiro atoms. The van der Waals surface area contributed by atoms with Crippen LogP contribution in [0, 0.1) is 5.82 Å². The van der Waals surface area contributed by atoms with Crippen LogP contribution in [0.2, 0.25) is 10.0 Å². The Balaban J connectivity index is 0.00000264. The van der Waals surface area contributed by atoms with Crippen molar-refractivity contribution in [3.05, 3.63) is 33.6 Å². The van der Waals surface area contributed by atoms with Crippen molar-refractivity contribution in [1.82, 2.24) is 10.2 Å².